The quantitative estimate of drug-likeness (QED) is 0.701. The highest BCUT2D eigenvalue weighted by molar-refractivity contribution is 5.82. The lowest BCUT2D eigenvalue weighted by Crippen LogP contribution is -2.45. The maximum atomic E-state index is 12.0. The predicted octanol–water partition coefficient (Wildman–Crippen LogP) is 1.52. The highest BCUT2D eigenvalue weighted by Crippen LogP contribution is 2.37. The SMILES string of the molecule is CCC(CC)(CN)C(=O)NCC1CC1C. The minimum Gasteiger partial charge on any atom is -0.355 e. The molecular weight excluding hydrogens is 188 g/mol. The van der Waals surface area contributed by atoms with Gasteiger partial charge in [-0.1, -0.05) is 20.8 Å². The third-order valence-electron chi connectivity index (χ3n) is 4.03. The molecule has 0 bridgehead atoms. The lowest BCUT2D eigenvalue weighted by molar-refractivity contribution is -0.131. The molecule has 1 aliphatic rings. The number of hydrogen-bond acceptors (Lipinski definition) is 2. The highest BCUT2D eigenvalue weighted by atomic mass is 16.2. The van der Waals surface area contributed by atoms with Crippen LogP contribution in [-0.4, -0.2) is 19.0 Å². The van der Waals surface area contributed by atoms with Gasteiger partial charge in [-0.05, 0) is 31.1 Å². The second-order valence-electron chi connectivity index (χ2n) is 4.87. The molecule has 0 saturated heterocycles. The molecule has 1 saturated carbocycles. The molecule has 0 spiro atoms. The summed E-state index contributed by atoms with van der Waals surface area (Å²) in [7, 11) is 0. The summed E-state index contributed by atoms with van der Waals surface area (Å²) in [4.78, 5) is 12.0. The maximum absolute atomic E-state index is 12.0. The Morgan fingerprint density at radius 3 is 2.33 bits per heavy atom. The van der Waals surface area contributed by atoms with E-state index in [1.807, 2.05) is 13.8 Å². The molecule has 0 aromatic carbocycles. The Morgan fingerprint density at radius 1 is 1.47 bits per heavy atom. The van der Waals surface area contributed by atoms with Crippen LogP contribution >= 0.6 is 0 Å². The second-order valence-corrected chi connectivity index (χ2v) is 4.87. The van der Waals surface area contributed by atoms with Crippen molar-refractivity contribution >= 4 is 5.91 Å². The van der Waals surface area contributed by atoms with Crippen LogP contribution in [0.3, 0.4) is 0 Å². The first kappa shape index (κ1) is 12.5. The summed E-state index contributed by atoms with van der Waals surface area (Å²) >= 11 is 0. The molecule has 0 aliphatic heterocycles. The van der Waals surface area contributed by atoms with E-state index in [1.54, 1.807) is 0 Å². The number of rotatable bonds is 6. The molecule has 0 aromatic rings. The monoisotopic (exact) mass is 212 g/mol. The van der Waals surface area contributed by atoms with Crippen LogP contribution in [0.25, 0.3) is 0 Å². The van der Waals surface area contributed by atoms with Crippen molar-refractivity contribution < 1.29 is 4.79 Å². The zero-order valence-corrected chi connectivity index (χ0v) is 10.2. The van der Waals surface area contributed by atoms with E-state index in [0.29, 0.717) is 12.5 Å². The average Bonchev–Trinajstić information content (AvgIpc) is 2.95. The van der Waals surface area contributed by atoms with Crippen molar-refractivity contribution in [1.29, 1.82) is 0 Å². The van der Waals surface area contributed by atoms with Gasteiger partial charge < -0.3 is 11.1 Å². The second kappa shape index (κ2) is 4.97. The summed E-state index contributed by atoms with van der Waals surface area (Å²) < 4.78 is 0. The van der Waals surface area contributed by atoms with Crippen molar-refractivity contribution in [2.75, 3.05) is 13.1 Å². The zero-order valence-electron chi connectivity index (χ0n) is 10.2. The van der Waals surface area contributed by atoms with Crippen molar-refractivity contribution in [3.8, 4) is 0 Å². The molecule has 3 N–H and O–H groups in total. The Balaban J connectivity index is 2.41. The van der Waals surface area contributed by atoms with Crippen LogP contribution in [0.1, 0.15) is 40.0 Å². The standard InChI is InChI=1S/C12H24N2O/c1-4-12(5-2,8-13)11(15)14-7-10-6-9(10)3/h9-10H,4-8,13H2,1-3H3,(H,14,15). The first-order valence-corrected chi connectivity index (χ1v) is 6.08. The summed E-state index contributed by atoms with van der Waals surface area (Å²) in [6, 6.07) is 0. The van der Waals surface area contributed by atoms with Gasteiger partial charge in [0.25, 0.3) is 0 Å². The normalized spacial score (nSPS) is 25.1. The minimum atomic E-state index is -0.335. The largest absolute Gasteiger partial charge is 0.355 e. The van der Waals surface area contributed by atoms with Gasteiger partial charge in [0.2, 0.25) is 5.91 Å². The number of carbonyl (C=O) groups excluding carboxylic acids is 1. The van der Waals surface area contributed by atoms with E-state index in [4.69, 9.17) is 5.73 Å². The number of hydrogen-bond donors (Lipinski definition) is 2. The van der Waals surface area contributed by atoms with E-state index in [-0.39, 0.29) is 11.3 Å². The smallest absolute Gasteiger partial charge is 0.227 e. The van der Waals surface area contributed by atoms with Crippen LogP contribution < -0.4 is 11.1 Å². The first-order chi connectivity index (χ1) is 7.09. The Labute approximate surface area is 92.8 Å². The number of nitrogens with two attached hydrogens (primary N) is 1. The summed E-state index contributed by atoms with van der Waals surface area (Å²) in [6.07, 6.45) is 2.91. The van der Waals surface area contributed by atoms with Crippen LogP contribution in [0.4, 0.5) is 0 Å². The molecule has 1 fully saturated rings. The molecule has 1 rings (SSSR count). The van der Waals surface area contributed by atoms with Gasteiger partial charge in [-0.25, -0.2) is 0 Å². The van der Waals surface area contributed by atoms with E-state index in [1.165, 1.54) is 6.42 Å². The molecule has 15 heavy (non-hydrogen) atoms. The predicted molar refractivity (Wildman–Crippen MR) is 62.4 cm³/mol. The molecule has 0 heterocycles. The molecule has 0 aromatic heterocycles. The van der Waals surface area contributed by atoms with Gasteiger partial charge in [0.05, 0.1) is 5.41 Å². The Bertz CT molecular complexity index is 215. The van der Waals surface area contributed by atoms with Crippen molar-refractivity contribution in [3.05, 3.63) is 0 Å². The summed E-state index contributed by atoms with van der Waals surface area (Å²) in [5.41, 5.74) is 5.38. The van der Waals surface area contributed by atoms with Crippen LogP contribution in [-0.2, 0) is 4.79 Å². The number of amides is 1. The molecule has 0 radical (unpaired) electrons. The topological polar surface area (TPSA) is 55.1 Å². The third-order valence-corrected chi connectivity index (χ3v) is 4.03. The third kappa shape index (κ3) is 2.71. The Kier molecular flexibility index (Phi) is 4.14. The summed E-state index contributed by atoms with van der Waals surface area (Å²) in [5.74, 6) is 1.65. The van der Waals surface area contributed by atoms with Crippen LogP contribution in [0.2, 0.25) is 0 Å². The van der Waals surface area contributed by atoms with Crippen molar-refractivity contribution in [1.82, 2.24) is 5.32 Å². The van der Waals surface area contributed by atoms with Crippen LogP contribution in [0.15, 0.2) is 0 Å². The fourth-order valence-corrected chi connectivity index (χ4v) is 2.05. The van der Waals surface area contributed by atoms with Gasteiger partial charge in [-0.3, -0.25) is 4.79 Å². The van der Waals surface area contributed by atoms with Crippen LogP contribution in [0.5, 0.6) is 0 Å². The molecule has 2 unspecified atom stereocenters. The molecule has 3 nitrogen and oxygen atoms in total. The fourth-order valence-electron chi connectivity index (χ4n) is 2.05. The fraction of sp³-hybridized carbons (Fsp3) is 0.917. The van der Waals surface area contributed by atoms with Gasteiger partial charge in [-0.2, -0.15) is 0 Å². The van der Waals surface area contributed by atoms with Crippen molar-refractivity contribution in [3.63, 3.8) is 0 Å². The van der Waals surface area contributed by atoms with Gasteiger partial charge in [0.15, 0.2) is 0 Å². The van der Waals surface area contributed by atoms with E-state index in [9.17, 15) is 4.79 Å². The molecule has 1 amide bonds. The molecule has 3 heteroatoms. The zero-order chi connectivity index (χ0) is 11.5. The molecular formula is C12H24N2O. The van der Waals surface area contributed by atoms with E-state index < -0.39 is 0 Å². The minimum absolute atomic E-state index is 0.147. The number of nitrogens with one attached hydrogen (secondary N) is 1. The average molecular weight is 212 g/mol. The van der Waals surface area contributed by atoms with Gasteiger partial charge in [0.1, 0.15) is 0 Å². The highest BCUT2D eigenvalue weighted by Gasteiger charge is 2.36. The van der Waals surface area contributed by atoms with Crippen molar-refractivity contribution in [2.24, 2.45) is 23.0 Å². The molecule has 1 aliphatic carbocycles. The van der Waals surface area contributed by atoms with E-state index in [0.717, 1.165) is 25.3 Å². The summed E-state index contributed by atoms with van der Waals surface area (Å²) in [6.45, 7) is 7.59. The lowest BCUT2D eigenvalue weighted by atomic mass is 9.81. The van der Waals surface area contributed by atoms with E-state index >= 15 is 0 Å². The van der Waals surface area contributed by atoms with Crippen molar-refractivity contribution in [2.45, 2.75) is 40.0 Å². The first-order valence-electron chi connectivity index (χ1n) is 6.08. The van der Waals surface area contributed by atoms with E-state index in [2.05, 4.69) is 12.2 Å². The summed E-state index contributed by atoms with van der Waals surface area (Å²) in [5, 5.41) is 3.05. The number of carbonyl (C=O) groups is 1. The lowest BCUT2D eigenvalue weighted by Gasteiger charge is -2.28. The van der Waals surface area contributed by atoms with Gasteiger partial charge in [-0.15, -0.1) is 0 Å². The maximum Gasteiger partial charge on any atom is 0.227 e. The molecule has 2 atom stereocenters. The van der Waals surface area contributed by atoms with Gasteiger partial charge >= 0.3 is 0 Å². The Hall–Kier alpha value is -0.570. The van der Waals surface area contributed by atoms with Gasteiger partial charge in [0, 0.05) is 13.1 Å². The van der Waals surface area contributed by atoms with Crippen LogP contribution in [0, 0.1) is 17.3 Å². The Morgan fingerprint density at radius 2 is 2.00 bits per heavy atom. The molecule has 88 valence electrons.